The molecule has 1 aromatic rings. The summed E-state index contributed by atoms with van der Waals surface area (Å²) in [5.41, 5.74) is 2.49. The first-order valence-electron chi connectivity index (χ1n) is 7.13. The molecule has 0 radical (unpaired) electrons. The molecule has 3 rings (SSSR count). The van der Waals surface area contributed by atoms with E-state index in [1.54, 1.807) is 6.33 Å². The fourth-order valence-corrected chi connectivity index (χ4v) is 2.84. The van der Waals surface area contributed by atoms with Crippen molar-refractivity contribution in [2.45, 2.75) is 51.0 Å². The predicted octanol–water partition coefficient (Wildman–Crippen LogP) is 1.88. The SMILES string of the molecule is c1nc2c(c(OC3CCNCC3)n1)CCCCC2. The molecule has 1 fully saturated rings. The van der Waals surface area contributed by atoms with Crippen molar-refractivity contribution in [2.75, 3.05) is 13.1 Å². The number of aromatic nitrogens is 2. The van der Waals surface area contributed by atoms with E-state index in [0.29, 0.717) is 6.10 Å². The molecule has 0 saturated carbocycles. The van der Waals surface area contributed by atoms with Gasteiger partial charge in [-0.1, -0.05) is 6.42 Å². The zero-order chi connectivity index (χ0) is 12.2. The largest absolute Gasteiger partial charge is 0.474 e. The molecule has 0 amide bonds. The van der Waals surface area contributed by atoms with Gasteiger partial charge in [0.25, 0.3) is 0 Å². The molecular formula is C14H21N3O. The quantitative estimate of drug-likeness (QED) is 0.811. The molecule has 1 saturated heterocycles. The monoisotopic (exact) mass is 247 g/mol. The van der Waals surface area contributed by atoms with E-state index in [1.165, 1.54) is 30.5 Å². The van der Waals surface area contributed by atoms with Gasteiger partial charge in [0.1, 0.15) is 12.4 Å². The highest BCUT2D eigenvalue weighted by atomic mass is 16.5. The number of ether oxygens (including phenoxy) is 1. The van der Waals surface area contributed by atoms with Crippen molar-refractivity contribution in [3.63, 3.8) is 0 Å². The van der Waals surface area contributed by atoms with E-state index in [1.807, 2.05) is 0 Å². The summed E-state index contributed by atoms with van der Waals surface area (Å²) in [7, 11) is 0. The summed E-state index contributed by atoms with van der Waals surface area (Å²) < 4.78 is 6.12. The van der Waals surface area contributed by atoms with Crippen molar-refractivity contribution in [3.05, 3.63) is 17.6 Å². The number of fused-ring (bicyclic) bond motifs is 1. The number of aryl methyl sites for hydroxylation is 1. The Kier molecular flexibility index (Phi) is 3.74. The topological polar surface area (TPSA) is 47.0 Å². The Bertz CT molecular complexity index is 402. The van der Waals surface area contributed by atoms with Crippen LogP contribution in [-0.4, -0.2) is 29.2 Å². The highest BCUT2D eigenvalue weighted by Gasteiger charge is 2.20. The minimum absolute atomic E-state index is 0.327. The molecule has 18 heavy (non-hydrogen) atoms. The first-order chi connectivity index (χ1) is 8.93. The van der Waals surface area contributed by atoms with E-state index in [9.17, 15) is 0 Å². The number of nitrogens with one attached hydrogen (secondary N) is 1. The van der Waals surface area contributed by atoms with Crippen molar-refractivity contribution >= 4 is 0 Å². The van der Waals surface area contributed by atoms with Crippen LogP contribution in [0.15, 0.2) is 6.33 Å². The van der Waals surface area contributed by atoms with Crippen LogP contribution in [-0.2, 0) is 12.8 Å². The molecule has 1 aromatic heterocycles. The number of hydrogen-bond acceptors (Lipinski definition) is 4. The number of piperidine rings is 1. The van der Waals surface area contributed by atoms with Crippen molar-refractivity contribution in [2.24, 2.45) is 0 Å². The molecule has 1 aliphatic heterocycles. The van der Waals surface area contributed by atoms with Gasteiger partial charge in [-0.15, -0.1) is 0 Å². The second kappa shape index (κ2) is 5.65. The van der Waals surface area contributed by atoms with Crippen LogP contribution in [0.25, 0.3) is 0 Å². The lowest BCUT2D eigenvalue weighted by Gasteiger charge is -2.24. The second-order valence-corrected chi connectivity index (χ2v) is 5.23. The number of hydrogen-bond donors (Lipinski definition) is 1. The maximum atomic E-state index is 6.12. The summed E-state index contributed by atoms with van der Waals surface area (Å²) in [5.74, 6) is 0.855. The van der Waals surface area contributed by atoms with Crippen molar-refractivity contribution in [1.82, 2.24) is 15.3 Å². The first-order valence-corrected chi connectivity index (χ1v) is 7.13. The van der Waals surface area contributed by atoms with Crippen LogP contribution in [0.2, 0.25) is 0 Å². The maximum absolute atomic E-state index is 6.12. The average molecular weight is 247 g/mol. The molecule has 1 N–H and O–H groups in total. The van der Waals surface area contributed by atoms with Gasteiger partial charge < -0.3 is 10.1 Å². The molecule has 0 spiro atoms. The Balaban J connectivity index is 1.78. The van der Waals surface area contributed by atoms with Crippen molar-refractivity contribution < 1.29 is 4.74 Å². The first kappa shape index (κ1) is 11.9. The minimum Gasteiger partial charge on any atom is -0.474 e. The van der Waals surface area contributed by atoms with Crippen LogP contribution in [0, 0.1) is 0 Å². The van der Waals surface area contributed by atoms with E-state index in [0.717, 1.165) is 44.7 Å². The molecule has 4 nitrogen and oxygen atoms in total. The molecule has 0 atom stereocenters. The fraction of sp³-hybridized carbons (Fsp3) is 0.714. The summed E-state index contributed by atoms with van der Waals surface area (Å²) in [4.78, 5) is 8.80. The van der Waals surface area contributed by atoms with Gasteiger partial charge in [0.05, 0.1) is 5.69 Å². The van der Waals surface area contributed by atoms with Gasteiger partial charge in [-0.2, -0.15) is 0 Å². The third-order valence-corrected chi connectivity index (χ3v) is 3.90. The Hall–Kier alpha value is -1.16. The van der Waals surface area contributed by atoms with Gasteiger partial charge in [-0.05, 0) is 51.6 Å². The Morgan fingerprint density at radius 1 is 1.06 bits per heavy atom. The van der Waals surface area contributed by atoms with Gasteiger partial charge in [-0.3, -0.25) is 0 Å². The smallest absolute Gasteiger partial charge is 0.220 e. The van der Waals surface area contributed by atoms with E-state index in [2.05, 4.69) is 15.3 Å². The fourth-order valence-electron chi connectivity index (χ4n) is 2.84. The van der Waals surface area contributed by atoms with Gasteiger partial charge in [-0.25, -0.2) is 9.97 Å². The highest BCUT2D eigenvalue weighted by Crippen LogP contribution is 2.26. The van der Waals surface area contributed by atoms with Crippen molar-refractivity contribution in [1.29, 1.82) is 0 Å². The highest BCUT2D eigenvalue weighted by molar-refractivity contribution is 5.31. The van der Waals surface area contributed by atoms with Crippen LogP contribution < -0.4 is 10.1 Å². The molecule has 2 heterocycles. The molecule has 98 valence electrons. The Morgan fingerprint density at radius 3 is 2.78 bits per heavy atom. The van der Waals surface area contributed by atoms with E-state index < -0.39 is 0 Å². The summed E-state index contributed by atoms with van der Waals surface area (Å²) >= 11 is 0. The van der Waals surface area contributed by atoms with Crippen LogP contribution in [0.4, 0.5) is 0 Å². The molecule has 4 heteroatoms. The second-order valence-electron chi connectivity index (χ2n) is 5.23. The lowest BCUT2D eigenvalue weighted by Crippen LogP contribution is -2.34. The summed E-state index contributed by atoms with van der Waals surface area (Å²) in [6.45, 7) is 2.11. The molecule has 0 aromatic carbocycles. The third kappa shape index (κ3) is 2.64. The van der Waals surface area contributed by atoms with Crippen LogP contribution >= 0.6 is 0 Å². The lowest BCUT2D eigenvalue weighted by molar-refractivity contribution is 0.154. The zero-order valence-electron chi connectivity index (χ0n) is 10.8. The Morgan fingerprint density at radius 2 is 1.89 bits per heavy atom. The summed E-state index contributed by atoms with van der Waals surface area (Å²) in [6.07, 6.45) is 10.1. The van der Waals surface area contributed by atoms with Gasteiger partial charge in [0.15, 0.2) is 0 Å². The summed E-state index contributed by atoms with van der Waals surface area (Å²) in [6, 6.07) is 0. The molecule has 0 bridgehead atoms. The van der Waals surface area contributed by atoms with Crippen LogP contribution in [0.5, 0.6) is 5.88 Å². The third-order valence-electron chi connectivity index (χ3n) is 3.90. The molecule has 0 unspecified atom stereocenters. The minimum atomic E-state index is 0.327. The van der Waals surface area contributed by atoms with E-state index >= 15 is 0 Å². The molecular weight excluding hydrogens is 226 g/mol. The maximum Gasteiger partial charge on any atom is 0.220 e. The number of nitrogens with zero attached hydrogens (tertiary/aromatic N) is 2. The zero-order valence-corrected chi connectivity index (χ0v) is 10.8. The standard InChI is InChI=1S/C14H21N3O/c1-2-4-12-13(5-3-1)16-10-17-14(12)18-11-6-8-15-9-7-11/h10-11,15H,1-9H2. The molecule has 2 aliphatic rings. The van der Waals surface area contributed by atoms with Crippen LogP contribution in [0.1, 0.15) is 43.4 Å². The van der Waals surface area contributed by atoms with Gasteiger partial charge in [0.2, 0.25) is 5.88 Å². The van der Waals surface area contributed by atoms with Gasteiger partial charge >= 0.3 is 0 Å². The predicted molar refractivity (Wildman–Crippen MR) is 69.8 cm³/mol. The van der Waals surface area contributed by atoms with Crippen molar-refractivity contribution in [3.8, 4) is 5.88 Å². The van der Waals surface area contributed by atoms with Crippen LogP contribution in [0.3, 0.4) is 0 Å². The lowest BCUT2D eigenvalue weighted by atomic mass is 10.1. The summed E-state index contributed by atoms with van der Waals surface area (Å²) in [5, 5.41) is 3.36. The van der Waals surface area contributed by atoms with E-state index in [4.69, 9.17) is 4.74 Å². The molecule has 1 aliphatic carbocycles. The van der Waals surface area contributed by atoms with Gasteiger partial charge in [0, 0.05) is 5.56 Å². The number of rotatable bonds is 2. The van der Waals surface area contributed by atoms with E-state index in [-0.39, 0.29) is 0 Å². The Labute approximate surface area is 108 Å². The average Bonchev–Trinajstić information content (AvgIpc) is 2.66. The normalized spacial score (nSPS) is 21.1.